The molecule has 1 aromatic carbocycles. The normalized spacial score (nSPS) is 12.9. The van der Waals surface area contributed by atoms with Crippen LogP contribution < -0.4 is 4.72 Å². The molecular weight excluding hydrogens is 434 g/mol. The first-order valence-corrected chi connectivity index (χ1v) is 8.54. The number of aryl methyl sites for hydroxylation is 1. The van der Waals surface area contributed by atoms with Crippen molar-refractivity contribution in [3.8, 4) is 0 Å². The number of halogens is 2. The van der Waals surface area contributed by atoms with E-state index in [1.165, 1.54) is 6.07 Å². The lowest BCUT2D eigenvalue weighted by molar-refractivity contribution is -0.145. The molecule has 0 aliphatic carbocycles. The van der Waals surface area contributed by atoms with Gasteiger partial charge in [0.1, 0.15) is 6.04 Å². The van der Waals surface area contributed by atoms with Crippen LogP contribution >= 0.6 is 31.9 Å². The number of hydrogen-bond donors (Lipinski definition) is 3. The molecule has 10 heteroatoms. The van der Waals surface area contributed by atoms with Gasteiger partial charge < -0.3 is 10.2 Å². The van der Waals surface area contributed by atoms with Gasteiger partial charge in [0.15, 0.2) is 0 Å². The van der Waals surface area contributed by atoms with Crippen molar-refractivity contribution in [3.05, 3.63) is 26.6 Å². The van der Waals surface area contributed by atoms with Crippen molar-refractivity contribution in [2.75, 3.05) is 0 Å². The summed E-state index contributed by atoms with van der Waals surface area (Å²) in [7, 11) is -4.19. The van der Waals surface area contributed by atoms with E-state index in [2.05, 4.69) is 31.9 Å². The van der Waals surface area contributed by atoms with E-state index in [1.54, 1.807) is 13.0 Å². The molecule has 7 nitrogen and oxygen atoms in total. The van der Waals surface area contributed by atoms with Gasteiger partial charge in [-0.3, -0.25) is 9.59 Å². The highest BCUT2D eigenvalue weighted by atomic mass is 79.9. The van der Waals surface area contributed by atoms with E-state index < -0.39 is 34.4 Å². The van der Waals surface area contributed by atoms with Gasteiger partial charge in [-0.15, -0.1) is 0 Å². The van der Waals surface area contributed by atoms with Gasteiger partial charge in [-0.2, -0.15) is 4.72 Å². The summed E-state index contributed by atoms with van der Waals surface area (Å²) in [4.78, 5) is 21.3. The van der Waals surface area contributed by atoms with Crippen molar-refractivity contribution in [3.63, 3.8) is 0 Å². The molecule has 0 radical (unpaired) electrons. The molecule has 3 N–H and O–H groups in total. The highest BCUT2D eigenvalue weighted by Gasteiger charge is 2.29. The summed E-state index contributed by atoms with van der Waals surface area (Å²) in [5.41, 5.74) is 0.779. The molecule has 1 atom stereocenters. The molecule has 0 heterocycles. The molecule has 0 amide bonds. The molecule has 116 valence electrons. The lowest BCUT2D eigenvalue weighted by Gasteiger charge is -2.14. The predicted octanol–water partition coefficient (Wildman–Crippen LogP) is 1.73. The minimum Gasteiger partial charge on any atom is -0.481 e. The van der Waals surface area contributed by atoms with E-state index in [9.17, 15) is 18.0 Å². The SMILES string of the molecule is Cc1cc(Br)c(S(=O)(=O)N[C@@H](CC(=O)O)C(=O)O)cc1Br. The largest absolute Gasteiger partial charge is 0.481 e. The molecular formula is C11H11Br2NO6S. The number of carboxylic acid groups (broad SMARTS) is 2. The van der Waals surface area contributed by atoms with Gasteiger partial charge in [-0.05, 0) is 40.5 Å². The Morgan fingerprint density at radius 1 is 1.24 bits per heavy atom. The predicted molar refractivity (Wildman–Crippen MR) is 80.6 cm³/mol. The summed E-state index contributed by atoms with van der Waals surface area (Å²) in [6.07, 6.45) is -0.862. The zero-order chi connectivity index (χ0) is 16.4. The van der Waals surface area contributed by atoms with Crippen molar-refractivity contribution < 1.29 is 28.2 Å². The van der Waals surface area contributed by atoms with Crippen LogP contribution in [0.4, 0.5) is 0 Å². The summed E-state index contributed by atoms with van der Waals surface area (Å²) >= 11 is 6.28. The van der Waals surface area contributed by atoms with E-state index in [0.717, 1.165) is 5.56 Å². The third-order valence-corrected chi connectivity index (χ3v) is 5.76. The zero-order valence-corrected chi connectivity index (χ0v) is 14.6. The maximum atomic E-state index is 12.2. The second-order valence-corrected chi connectivity index (χ2v) is 7.53. The Bertz CT molecular complexity index is 688. The standard InChI is InChI=1S/C11H11Br2NO6S/c1-5-2-7(13)9(3-6(5)12)21(19,20)14-8(11(17)18)4-10(15)16/h2-3,8,14H,4H2,1H3,(H,15,16)(H,17,18)/t8-/m0/s1. The van der Waals surface area contributed by atoms with Crippen molar-refractivity contribution >= 4 is 53.8 Å². The minimum atomic E-state index is -4.19. The van der Waals surface area contributed by atoms with Gasteiger partial charge in [0.25, 0.3) is 0 Å². The smallest absolute Gasteiger partial charge is 0.322 e. The van der Waals surface area contributed by atoms with Crippen molar-refractivity contribution in [2.24, 2.45) is 0 Å². The number of rotatable bonds is 6. The van der Waals surface area contributed by atoms with Gasteiger partial charge in [-0.25, -0.2) is 8.42 Å². The first-order valence-electron chi connectivity index (χ1n) is 5.47. The molecule has 0 saturated carbocycles. The van der Waals surface area contributed by atoms with Crippen molar-refractivity contribution in [2.45, 2.75) is 24.3 Å². The number of carbonyl (C=O) groups is 2. The molecule has 0 aliphatic rings. The quantitative estimate of drug-likeness (QED) is 0.614. The highest BCUT2D eigenvalue weighted by Crippen LogP contribution is 2.28. The Kier molecular flexibility index (Phi) is 5.91. The van der Waals surface area contributed by atoms with Crippen LogP contribution in [0.25, 0.3) is 0 Å². The number of carboxylic acids is 2. The minimum absolute atomic E-state index is 0.184. The van der Waals surface area contributed by atoms with Gasteiger partial charge in [-0.1, -0.05) is 15.9 Å². The third kappa shape index (κ3) is 4.77. The summed E-state index contributed by atoms with van der Waals surface area (Å²) in [6.45, 7) is 1.75. The van der Waals surface area contributed by atoms with Crippen LogP contribution in [0.3, 0.4) is 0 Å². The Morgan fingerprint density at radius 3 is 2.29 bits per heavy atom. The Labute approximate surface area is 137 Å². The van der Waals surface area contributed by atoms with Gasteiger partial charge in [0.2, 0.25) is 10.0 Å². The van der Waals surface area contributed by atoms with Crippen LogP contribution in [0.15, 0.2) is 26.0 Å². The summed E-state index contributed by atoms with van der Waals surface area (Å²) in [6, 6.07) is 1.10. The Hall–Kier alpha value is -0.970. The lowest BCUT2D eigenvalue weighted by Crippen LogP contribution is -2.42. The van der Waals surface area contributed by atoms with E-state index in [4.69, 9.17) is 10.2 Å². The van der Waals surface area contributed by atoms with Gasteiger partial charge in [0, 0.05) is 8.95 Å². The molecule has 1 rings (SSSR count). The first-order chi connectivity index (χ1) is 9.54. The molecule has 0 bridgehead atoms. The maximum absolute atomic E-state index is 12.2. The van der Waals surface area contributed by atoms with Crippen LogP contribution in [-0.2, 0) is 19.6 Å². The number of benzene rings is 1. The Morgan fingerprint density at radius 2 is 1.81 bits per heavy atom. The molecule has 21 heavy (non-hydrogen) atoms. The van der Waals surface area contributed by atoms with Crippen LogP contribution in [0.1, 0.15) is 12.0 Å². The van der Waals surface area contributed by atoms with Crippen LogP contribution in [0.5, 0.6) is 0 Å². The van der Waals surface area contributed by atoms with Gasteiger partial charge in [0.05, 0.1) is 11.3 Å². The van der Waals surface area contributed by atoms with E-state index in [1.807, 2.05) is 4.72 Å². The van der Waals surface area contributed by atoms with E-state index in [-0.39, 0.29) is 9.37 Å². The van der Waals surface area contributed by atoms with Crippen LogP contribution in [-0.4, -0.2) is 36.6 Å². The number of hydrogen-bond acceptors (Lipinski definition) is 4. The van der Waals surface area contributed by atoms with E-state index in [0.29, 0.717) is 4.47 Å². The molecule has 0 unspecified atom stereocenters. The molecule has 0 fully saturated rings. The summed E-state index contributed by atoms with van der Waals surface area (Å²) in [5, 5.41) is 17.5. The summed E-state index contributed by atoms with van der Waals surface area (Å²) < 4.78 is 27.0. The fourth-order valence-electron chi connectivity index (χ4n) is 1.44. The van der Waals surface area contributed by atoms with Crippen molar-refractivity contribution in [1.82, 2.24) is 4.72 Å². The molecule has 0 aromatic heterocycles. The van der Waals surface area contributed by atoms with Crippen LogP contribution in [0.2, 0.25) is 0 Å². The monoisotopic (exact) mass is 443 g/mol. The fraction of sp³-hybridized carbons (Fsp3) is 0.273. The molecule has 0 aliphatic heterocycles. The van der Waals surface area contributed by atoms with Crippen molar-refractivity contribution in [1.29, 1.82) is 0 Å². The fourth-order valence-corrected chi connectivity index (χ4v) is 4.31. The molecule has 0 spiro atoms. The third-order valence-electron chi connectivity index (χ3n) is 2.48. The summed E-state index contributed by atoms with van der Waals surface area (Å²) in [5.74, 6) is -2.99. The highest BCUT2D eigenvalue weighted by molar-refractivity contribution is 9.11. The van der Waals surface area contributed by atoms with Crippen LogP contribution in [0, 0.1) is 6.92 Å². The van der Waals surface area contributed by atoms with Gasteiger partial charge >= 0.3 is 11.9 Å². The molecule has 1 aromatic rings. The topological polar surface area (TPSA) is 121 Å². The zero-order valence-electron chi connectivity index (χ0n) is 10.6. The number of nitrogens with one attached hydrogen (secondary N) is 1. The van der Waals surface area contributed by atoms with E-state index >= 15 is 0 Å². The Balaban J connectivity index is 3.19. The average molecular weight is 445 g/mol. The first kappa shape index (κ1) is 18.1. The second-order valence-electron chi connectivity index (χ2n) is 4.14. The molecule has 0 saturated heterocycles. The lowest BCUT2D eigenvalue weighted by atomic mass is 10.2. The second kappa shape index (κ2) is 6.86. The number of aliphatic carboxylic acids is 2. The average Bonchev–Trinajstić information content (AvgIpc) is 2.31. The number of sulfonamides is 1. The maximum Gasteiger partial charge on any atom is 0.322 e.